The van der Waals surface area contributed by atoms with Gasteiger partial charge in [-0.2, -0.15) is 0 Å². The zero-order valence-electron chi connectivity index (χ0n) is 12.9. The molecule has 0 amide bonds. The van der Waals surface area contributed by atoms with Crippen LogP contribution in [0.5, 0.6) is 0 Å². The molecule has 0 aliphatic heterocycles. The molecular formula is C19H34. The van der Waals surface area contributed by atoms with Crippen molar-refractivity contribution in [3.8, 4) is 0 Å². The van der Waals surface area contributed by atoms with Crippen LogP contribution in [0.2, 0.25) is 0 Å². The van der Waals surface area contributed by atoms with Crippen LogP contribution in [0.15, 0.2) is 24.3 Å². The van der Waals surface area contributed by atoms with Gasteiger partial charge in [-0.05, 0) is 25.7 Å². The number of hydrogen-bond donors (Lipinski definition) is 0. The van der Waals surface area contributed by atoms with Gasteiger partial charge in [0.1, 0.15) is 0 Å². The third-order valence-corrected chi connectivity index (χ3v) is 4.12. The Bertz CT molecular complexity index is 200. The van der Waals surface area contributed by atoms with E-state index in [0.29, 0.717) is 0 Å². The van der Waals surface area contributed by atoms with Crippen LogP contribution in [-0.4, -0.2) is 0 Å². The predicted molar refractivity (Wildman–Crippen MR) is 87.5 cm³/mol. The van der Waals surface area contributed by atoms with E-state index < -0.39 is 0 Å². The second kappa shape index (κ2) is 13.9. The Hall–Kier alpha value is -0.520. The van der Waals surface area contributed by atoms with Crippen LogP contribution in [0.4, 0.5) is 0 Å². The van der Waals surface area contributed by atoms with Crippen molar-refractivity contribution in [3.05, 3.63) is 24.3 Å². The first kappa shape index (κ1) is 16.5. The fourth-order valence-electron chi connectivity index (χ4n) is 2.82. The van der Waals surface area contributed by atoms with Crippen molar-refractivity contribution in [2.45, 2.75) is 96.3 Å². The highest BCUT2D eigenvalue weighted by Gasteiger charge is 1.94. The van der Waals surface area contributed by atoms with E-state index in [9.17, 15) is 0 Å². The highest BCUT2D eigenvalue weighted by atomic mass is 14.0. The second-order valence-electron chi connectivity index (χ2n) is 6.03. The molecule has 1 aliphatic carbocycles. The van der Waals surface area contributed by atoms with Gasteiger partial charge in [0, 0.05) is 0 Å². The third kappa shape index (κ3) is 12.3. The highest BCUT2D eigenvalue weighted by molar-refractivity contribution is 5.02. The maximum atomic E-state index is 2.34. The Morgan fingerprint density at radius 2 is 0.579 bits per heavy atom. The van der Waals surface area contributed by atoms with Gasteiger partial charge in [-0.1, -0.05) is 94.9 Å². The average molecular weight is 262 g/mol. The van der Waals surface area contributed by atoms with E-state index in [4.69, 9.17) is 0 Å². The molecule has 0 aromatic heterocycles. The van der Waals surface area contributed by atoms with Crippen LogP contribution < -0.4 is 0 Å². The first-order chi connectivity index (χ1) is 9.50. The fraction of sp³-hybridized carbons (Fsp3) is 0.789. The monoisotopic (exact) mass is 262 g/mol. The number of rotatable bonds is 0. The van der Waals surface area contributed by atoms with Gasteiger partial charge in [0.15, 0.2) is 0 Å². The molecule has 0 aromatic carbocycles. The Morgan fingerprint density at radius 1 is 0.316 bits per heavy atom. The minimum Gasteiger partial charge on any atom is -0.0845 e. The van der Waals surface area contributed by atoms with Crippen LogP contribution in [-0.2, 0) is 0 Å². The summed E-state index contributed by atoms with van der Waals surface area (Å²) in [5.74, 6) is 0. The van der Waals surface area contributed by atoms with Crippen molar-refractivity contribution in [2.24, 2.45) is 0 Å². The Kier molecular flexibility index (Phi) is 12.1. The lowest BCUT2D eigenvalue weighted by Crippen LogP contribution is -1.83. The van der Waals surface area contributed by atoms with Crippen molar-refractivity contribution in [2.75, 3.05) is 0 Å². The Labute approximate surface area is 121 Å². The molecular weight excluding hydrogens is 228 g/mol. The molecule has 0 unspecified atom stereocenters. The molecule has 0 nitrogen and oxygen atoms in total. The quantitative estimate of drug-likeness (QED) is 0.442. The van der Waals surface area contributed by atoms with Gasteiger partial charge >= 0.3 is 0 Å². The summed E-state index contributed by atoms with van der Waals surface area (Å²) in [5, 5.41) is 0. The zero-order chi connectivity index (χ0) is 13.4. The predicted octanol–water partition coefficient (Wildman–Crippen LogP) is 6.96. The van der Waals surface area contributed by atoms with Gasteiger partial charge in [-0.25, -0.2) is 0 Å². The topological polar surface area (TPSA) is 0 Å². The summed E-state index contributed by atoms with van der Waals surface area (Å²) >= 11 is 0. The lowest BCUT2D eigenvalue weighted by molar-refractivity contribution is 0.538. The molecule has 0 atom stereocenters. The average Bonchev–Trinajstić information content (AvgIpc) is 2.43. The molecule has 1 rings (SSSR count). The maximum absolute atomic E-state index is 2.34. The smallest absolute Gasteiger partial charge is 0.0348 e. The molecule has 0 saturated carbocycles. The molecule has 110 valence electrons. The van der Waals surface area contributed by atoms with E-state index in [-0.39, 0.29) is 0 Å². The van der Waals surface area contributed by atoms with Crippen LogP contribution in [0.3, 0.4) is 0 Å². The lowest BCUT2D eigenvalue weighted by atomic mass is 10.0. The van der Waals surface area contributed by atoms with E-state index >= 15 is 0 Å². The highest BCUT2D eigenvalue weighted by Crippen LogP contribution is 2.13. The molecule has 0 bridgehead atoms. The number of hydrogen-bond acceptors (Lipinski definition) is 0. The van der Waals surface area contributed by atoms with E-state index in [2.05, 4.69) is 24.3 Å². The fourth-order valence-corrected chi connectivity index (χ4v) is 2.82. The van der Waals surface area contributed by atoms with Crippen LogP contribution in [0.1, 0.15) is 96.3 Å². The summed E-state index contributed by atoms with van der Waals surface area (Å²) in [5.41, 5.74) is 0. The minimum atomic E-state index is 1.27. The summed E-state index contributed by atoms with van der Waals surface area (Å²) in [6.07, 6.45) is 30.5. The van der Waals surface area contributed by atoms with E-state index in [0.717, 1.165) is 0 Å². The molecule has 0 spiro atoms. The molecule has 0 N–H and O–H groups in total. The molecule has 19 heavy (non-hydrogen) atoms. The maximum Gasteiger partial charge on any atom is -0.0348 e. The molecule has 0 saturated heterocycles. The largest absolute Gasteiger partial charge is 0.0845 e. The van der Waals surface area contributed by atoms with Crippen LogP contribution >= 0.6 is 0 Å². The summed E-state index contributed by atoms with van der Waals surface area (Å²) in [4.78, 5) is 0. The third-order valence-electron chi connectivity index (χ3n) is 4.12. The van der Waals surface area contributed by atoms with Gasteiger partial charge in [-0.15, -0.1) is 0 Å². The lowest BCUT2D eigenvalue weighted by Gasteiger charge is -2.02. The van der Waals surface area contributed by atoms with Crippen LogP contribution in [0, 0.1) is 0 Å². The summed E-state index contributed by atoms with van der Waals surface area (Å²) in [6, 6.07) is 0. The molecule has 0 fully saturated rings. The first-order valence-electron chi connectivity index (χ1n) is 8.82. The van der Waals surface area contributed by atoms with Gasteiger partial charge in [0.2, 0.25) is 0 Å². The van der Waals surface area contributed by atoms with Crippen molar-refractivity contribution in [1.82, 2.24) is 0 Å². The normalized spacial score (nSPS) is 24.0. The zero-order valence-corrected chi connectivity index (χ0v) is 12.9. The minimum absolute atomic E-state index is 1.27. The summed E-state index contributed by atoms with van der Waals surface area (Å²) in [6.45, 7) is 0. The van der Waals surface area contributed by atoms with Gasteiger partial charge in [0.25, 0.3) is 0 Å². The van der Waals surface area contributed by atoms with Crippen molar-refractivity contribution in [3.63, 3.8) is 0 Å². The summed E-state index contributed by atoms with van der Waals surface area (Å²) < 4.78 is 0. The molecule has 0 heteroatoms. The molecule has 1 aliphatic rings. The van der Waals surface area contributed by atoms with E-state index in [1.54, 1.807) is 0 Å². The molecule has 0 radical (unpaired) electrons. The summed E-state index contributed by atoms with van der Waals surface area (Å²) in [7, 11) is 0. The SMILES string of the molecule is C1=CCCCCCCCCCCCCCCC/C=C/1. The number of allylic oxidation sites excluding steroid dienone is 4. The second-order valence-corrected chi connectivity index (χ2v) is 6.03. The van der Waals surface area contributed by atoms with Crippen molar-refractivity contribution in [1.29, 1.82) is 0 Å². The van der Waals surface area contributed by atoms with Gasteiger partial charge < -0.3 is 0 Å². The van der Waals surface area contributed by atoms with E-state index in [1.165, 1.54) is 96.3 Å². The molecule has 0 aromatic rings. The van der Waals surface area contributed by atoms with Crippen molar-refractivity contribution >= 4 is 0 Å². The standard InChI is InChI=1S/C19H34/c1-2-4-6-8-10-12-14-16-18-19-17-15-13-11-9-7-5-3-1/h1-4H,5-19H2/b3-1+,4-2?. The van der Waals surface area contributed by atoms with E-state index in [1.807, 2.05) is 0 Å². The van der Waals surface area contributed by atoms with Crippen molar-refractivity contribution < 1.29 is 0 Å². The van der Waals surface area contributed by atoms with Gasteiger partial charge in [-0.3, -0.25) is 0 Å². The Balaban J connectivity index is 2.12. The van der Waals surface area contributed by atoms with Gasteiger partial charge in [0.05, 0.1) is 0 Å². The molecule has 0 heterocycles. The Morgan fingerprint density at radius 3 is 0.895 bits per heavy atom. The first-order valence-corrected chi connectivity index (χ1v) is 8.82. The van der Waals surface area contributed by atoms with Crippen LogP contribution in [0.25, 0.3) is 0 Å².